The lowest BCUT2D eigenvalue weighted by Crippen LogP contribution is -2.32. The van der Waals surface area contributed by atoms with Crippen molar-refractivity contribution >= 4 is 0 Å². The molecule has 0 amide bonds. The lowest BCUT2D eigenvalue weighted by atomic mass is 9.76. The van der Waals surface area contributed by atoms with Gasteiger partial charge in [0.1, 0.15) is 11.2 Å². The average Bonchev–Trinajstić information content (AvgIpc) is 2.86. The van der Waals surface area contributed by atoms with E-state index in [9.17, 15) is 10.2 Å². The summed E-state index contributed by atoms with van der Waals surface area (Å²) in [7, 11) is 0. The minimum atomic E-state index is -1.24. The molecule has 0 saturated heterocycles. The van der Waals surface area contributed by atoms with Gasteiger partial charge in [-0.3, -0.25) is 0 Å². The van der Waals surface area contributed by atoms with Crippen LogP contribution >= 0.6 is 0 Å². The fourth-order valence-electron chi connectivity index (χ4n) is 4.38. The molecule has 4 rings (SSSR count). The predicted octanol–water partition coefficient (Wildman–Crippen LogP) is 6.20. The van der Waals surface area contributed by atoms with Gasteiger partial charge in [-0.2, -0.15) is 0 Å². The van der Waals surface area contributed by atoms with E-state index in [-0.39, 0.29) is 0 Å². The van der Waals surface area contributed by atoms with E-state index in [1.165, 1.54) is 0 Å². The zero-order valence-corrected chi connectivity index (χ0v) is 18.1. The topological polar surface area (TPSA) is 40.5 Å². The third kappa shape index (κ3) is 4.43. The van der Waals surface area contributed by atoms with Crippen molar-refractivity contribution in [1.29, 1.82) is 0 Å². The summed E-state index contributed by atoms with van der Waals surface area (Å²) >= 11 is 0. The summed E-state index contributed by atoms with van der Waals surface area (Å²) in [5, 5.41) is 23.8. The van der Waals surface area contributed by atoms with Crippen LogP contribution < -0.4 is 0 Å². The van der Waals surface area contributed by atoms with E-state index in [1.807, 2.05) is 121 Å². The van der Waals surface area contributed by atoms with Crippen LogP contribution in [0.5, 0.6) is 0 Å². The van der Waals surface area contributed by atoms with Gasteiger partial charge in [0, 0.05) is 12.8 Å². The quantitative estimate of drug-likeness (QED) is 0.333. The second-order valence-corrected chi connectivity index (χ2v) is 8.29. The fraction of sp³-hybridized carbons (Fsp3) is 0.133. The van der Waals surface area contributed by atoms with E-state index in [0.29, 0.717) is 12.8 Å². The first-order valence-corrected chi connectivity index (χ1v) is 10.9. The molecule has 0 aliphatic rings. The molecule has 0 heterocycles. The fourth-order valence-corrected chi connectivity index (χ4v) is 4.38. The summed E-state index contributed by atoms with van der Waals surface area (Å²) in [6, 6.07) is 38.6. The van der Waals surface area contributed by atoms with E-state index in [1.54, 1.807) is 0 Å². The number of benzene rings is 4. The standard InChI is InChI=1S/C30H28O2/c1-24(22-29(31,25-14-6-2-7-15-25)26-16-8-3-9-17-26)23-30(32,27-18-10-4-11-19-27)28-20-12-5-13-21-28/h2-21,31-32H,1,22-23H2. The number of hydrogen-bond acceptors (Lipinski definition) is 2. The van der Waals surface area contributed by atoms with Crippen molar-refractivity contribution in [3.8, 4) is 0 Å². The molecule has 0 aromatic heterocycles. The number of aliphatic hydroxyl groups is 2. The zero-order valence-electron chi connectivity index (χ0n) is 18.1. The molecular weight excluding hydrogens is 392 g/mol. The highest BCUT2D eigenvalue weighted by atomic mass is 16.3. The van der Waals surface area contributed by atoms with Gasteiger partial charge in [0.15, 0.2) is 0 Å². The first kappa shape index (κ1) is 21.8. The highest BCUT2D eigenvalue weighted by molar-refractivity contribution is 5.40. The Morgan fingerprint density at radius 3 is 0.906 bits per heavy atom. The summed E-state index contributed by atoms with van der Waals surface area (Å²) in [6.45, 7) is 4.31. The largest absolute Gasteiger partial charge is 0.380 e. The summed E-state index contributed by atoms with van der Waals surface area (Å²) in [5.41, 5.74) is 1.48. The van der Waals surface area contributed by atoms with Crippen molar-refractivity contribution in [3.05, 3.63) is 156 Å². The van der Waals surface area contributed by atoms with Crippen molar-refractivity contribution < 1.29 is 10.2 Å². The van der Waals surface area contributed by atoms with E-state index < -0.39 is 11.2 Å². The molecule has 2 heteroatoms. The molecular formula is C30H28O2. The Kier molecular flexibility index (Phi) is 6.36. The first-order valence-electron chi connectivity index (χ1n) is 10.9. The van der Waals surface area contributed by atoms with Gasteiger partial charge >= 0.3 is 0 Å². The second kappa shape index (κ2) is 9.35. The Morgan fingerprint density at radius 1 is 0.469 bits per heavy atom. The normalized spacial score (nSPS) is 11.8. The molecule has 32 heavy (non-hydrogen) atoms. The van der Waals surface area contributed by atoms with Crippen LogP contribution in [0.15, 0.2) is 133 Å². The summed E-state index contributed by atoms with van der Waals surface area (Å²) < 4.78 is 0. The van der Waals surface area contributed by atoms with Crippen molar-refractivity contribution in [2.45, 2.75) is 24.0 Å². The molecule has 2 nitrogen and oxygen atoms in total. The van der Waals surface area contributed by atoms with Crippen molar-refractivity contribution in [2.75, 3.05) is 0 Å². The van der Waals surface area contributed by atoms with Crippen LogP contribution in [-0.2, 0) is 11.2 Å². The molecule has 4 aromatic rings. The molecule has 4 aromatic carbocycles. The Morgan fingerprint density at radius 2 is 0.688 bits per heavy atom. The number of rotatable bonds is 8. The second-order valence-electron chi connectivity index (χ2n) is 8.29. The van der Waals surface area contributed by atoms with Crippen LogP contribution in [-0.4, -0.2) is 10.2 Å². The summed E-state index contributed by atoms with van der Waals surface area (Å²) in [5.74, 6) is 0. The van der Waals surface area contributed by atoms with Gasteiger partial charge in [0.25, 0.3) is 0 Å². The van der Waals surface area contributed by atoms with Gasteiger partial charge in [-0.1, -0.05) is 133 Å². The Balaban J connectivity index is 1.70. The lowest BCUT2D eigenvalue weighted by molar-refractivity contribution is 0.0612. The summed E-state index contributed by atoms with van der Waals surface area (Å²) in [4.78, 5) is 0. The first-order chi connectivity index (χ1) is 15.5. The molecule has 0 atom stereocenters. The third-order valence-electron chi connectivity index (χ3n) is 6.02. The maximum Gasteiger partial charge on any atom is 0.118 e. The van der Waals surface area contributed by atoms with Gasteiger partial charge < -0.3 is 10.2 Å². The minimum Gasteiger partial charge on any atom is -0.380 e. The monoisotopic (exact) mass is 420 g/mol. The van der Waals surface area contributed by atoms with E-state index in [4.69, 9.17) is 0 Å². The van der Waals surface area contributed by atoms with Gasteiger partial charge in [-0.05, 0) is 22.3 Å². The molecule has 0 saturated carbocycles. The maximum atomic E-state index is 11.9. The van der Waals surface area contributed by atoms with E-state index in [2.05, 4.69) is 6.58 Å². The van der Waals surface area contributed by atoms with Gasteiger partial charge in [-0.25, -0.2) is 0 Å². The molecule has 0 radical (unpaired) electrons. The van der Waals surface area contributed by atoms with Crippen LogP contribution in [0.4, 0.5) is 0 Å². The molecule has 0 unspecified atom stereocenters. The zero-order chi connectivity index (χ0) is 22.4. The van der Waals surface area contributed by atoms with Crippen LogP contribution in [0.2, 0.25) is 0 Å². The van der Waals surface area contributed by atoms with Crippen LogP contribution in [0, 0.1) is 0 Å². The van der Waals surface area contributed by atoms with Gasteiger partial charge in [-0.15, -0.1) is 0 Å². The molecule has 0 fully saturated rings. The van der Waals surface area contributed by atoms with Crippen molar-refractivity contribution in [1.82, 2.24) is 0 Å². The maximum absolute atomic E-state index is 11.9. The van der Waals surface area contributed by atoms with E-state index >= 15 is 0 Å². The molecule has 0 bridgehead atoms. The smallest absolute Gasteiger partial charge is 0.118 e. The van der Waals surface area contributed by atoms with Crippen LogP contribution in [0.1, 0.15) is 35.1 Å². The van der Waals surface area contributed by atoms with Crippen molar-refractivity contribution in [2.24, 2.45) is 0 Å². The Bertz CT molecular complexity index is 965. The SMILES string of the molecule is C=C(CC(O)(c1ccccc1)c1ccccc1)CC(O)(c1ccccc1)c1ccccc1. The molecule has 160 valence electrons. The molecule has 2 N–H and O–H groups in total. The lowest BCUT2D eigenvalue weighted by Gasteiger charge is -2.34. The molecule has 0 aliphatic heterocycles. The van der Waals surface area contributed by atoms with E-state index in [0.717, 1.165) is 27.8 Å². The molecule has 0 aliphatic carbocycles. The predicted molar refractivity (Wildman–Crippen MR) is 130 cm³/mol. The minimum absolute atomic E-state index is 0.295. The third-order valence-corrected chi connectivity index (χ3v) is 6.02. The number of hydrogen-bond donors (Lipinski definition) is 2. The van der Waals surface area contributed by atoms with Gasteiger partial charge in [0.2, 0.25) is 0 Å². The van der Waals surface area contributed by atoms with Crippen LogP contribution in [0.25, 0.3) is 0 Å². The van der Waals surface area contributed by atoms with Gasteiger partial charge in [0.05, 0.1) is 0 Å². The Labute approximate surface area is 190 Å². The summed E-state index contributed by atoms with van der Waals surface area (Å²) in [6.07, 6.45) is 0.589. The molecule has 0 spiro atoms. The average molecular weight is 421 g/mol. The highest BCUT2D eigenvalue weighted by Gasteiger charge is 2.36. The highest BCUT2D eigenvalue weighted by Crippen LogP contribution is 2.41. The van der Waals surface area contributed by atoms with Crippen molar-refractivity contribution in [3.63, 3.8) is 0 Å². The van der Waals surface area contributed by atoms with Crippen LogP contribution in [0.3, 0.4) is 0 Å². The Hall–Kier alpha value is -3.46.